The summed E-state index contributed by atoms with van der Waals surface area (Å²) in [6, 6.07) is 12.5. The highest BCUT2D eigenvalue weighted by Gasteiger charge is 2.39. The molecule has 1 aliphatic rings. The van der Waals surface area contributed by atoms with Gasteiger partial charge in [-0.3, -0.25) is 19.3 Å². The highest BCUT2D eigenvalue weighted by Crippen LogP contribution is 2.27. The fraction of sp³-hybridized carbons (Fsp3) is 0.452. The summed E-state index contributed by atoms with van der Waals surface area (Å²) >= 11 is 0. The number of aliphatic carboxylic acids is 1. The number of imidazole rings is 1. The van der Waals surface area contributed by atoms with Crippen LogP contribution in [0.2, 0.25) is 0 Å². The van der Waals surface area contributed by atoms with Crippen LogP contribution >= 0.6 is 0 Å². The average molecular weight is 636 g/mol. The molecule has 0 radical (unpaired) electrons. The third-order valence-electron chi connectivity index (χ3n) is 6.54. The van der Waals surface area contributed by atoms with Gasteiger partial charge in [0.2, 0.25) is 0 Å². The molecule has 0 saturated heterocycles. The Kier molecular flexibility index (Phi) is 11.0. The van der Waals surface area contributed by atoms with Crippen molar-refractivity contribution >= 4 is 34.8 Å². The molecular formula is C31H36F3N3O8. The van der Waals surface area contributed by atoms with Crippen LogP contribution in [0.3, 0.4) is 0 Å². The average Bonchev–Trinajstić information content (AvgIpc) is 3.35. The van der Waals surface area contributed by atoms with Gasteiger partial charge in [0.15, 0.2) is 11.0 Å². The minimum Gasteiger partial charge on any atom is -0.542 e. The predicted molar refractivity (Wildman–Crippen MR) is 152 cm³/mol. The molecule has 0 bridgehead atoms. The third kappa shape index (κ3) is 8.81. The van der Waals surface area contributed by atoms with Crippen LogP contribution in [0.1, 0.15) is 74.0 Å². The van der Waals surface area contributed by atoms with Gasteiger partial charge in [0.25, 0.3) is 17.6 Å². The van der Waals surface area contributed by atoms with E-state index in [-0.39, 0.29) is 37.3 Å². The number of halogens is 3. The maximum Gasteiger partial charge on any atom is 0.430 e. The van der Waals surface area contributed by atoms with E-state index in [1.165, 1.54) is 4.90 Å². The number of amides is 2. The summed E-state index contributed by atoms with van der Waals surface area (Å²) in [6.07, 6.45) is -5.07. The summed E-state index contributed by atoms with van der Waals surface area (Å²) in [5.41, 5.74) is 2.02. The standard InChI is InChI=1S/C29H36N3O6.C2HF3O2/c1-6-30-23-14-13-20(37-15-9-12-26(34)38-29(3,4)5)16-24(23)31(17-19(2)33)25(30)18-32-27(35)21-10-7-8-11-22(21)28(32)36;3-2(4,5)1(6)7/h7-8,10-11,13-14,16,19,33H,6,9,12,15,17-18H2,1-5H3;(H,6,7)/q+1;/p-1/t19-;/m0./s1. The lowest BCUT2D eigenvalue weighted by molar-refractivity contribution is -0.677. The molecule has 1 N–H and O–H groups in total. The van der Waals surface area contributed by atoms with Crippen molar-refractivity contribution in [1.82, 2.24) is 9.47 Å². The first kappa shape index (κ1) is 35.0. The summed E-state index contributed by atoms with van der Waals surface area (Å²) in [6.45, 7) is 10.5. The SMILES string of the molecule is CC[n+]1c(CN2C(=O)c3ccccc3C2=O)n(C[C@H](C)O)c2cc(OCCCC(=O)OC(C)(C)C)ccc21.O=C([O-])C(F)(F)F. The van der Waals surface area contributed by atoms with Crippen molar-refractivity contribution in [3.05, 3.63) is 59.4 Å². The summed E-state index contributed by atoms with van der Waals surface area (Å²) in [4.78, 5) is 48.2. The Labute approximate surface area is 257 Å². The molecule has 2 aromatic carbocycles. The number of benzene rings is 2. The van der Waals surface area contributed by atoms with E-state index in [0.717, 1.165) is 16.9 Å². The molecule has 3 aromatic rings. The zero-order valence-electron chi connectivity index (χ0n) is 25.6. The highest BCUT2D eigenvalue weighted by molar-refractivity contribution is 6.21. The van der Waals surface area contributed by atoms with E-state index in [2.05, 4.69) is 0 Å². The van der Waals surface area contributed by atoms with Gasteiger partial charge in [-0.25, -0.2) is 9.13 Å². The van der Waals surface area contributed by atoms with Crippen LogP contribution in [-0.2, 0) is 34.0 Å². The van der Waals surface area contributed by atoms with Crippen molar-refractivity contribution in [3.8, 4) is 5.75 Å². The molecule has 2 heterocycles. The number of carboxylic acids is 1. The number of rotatable bonds is 10. The van der Waals surface area contributed by atoms with Gasteiger partial charge in [0, 0.05) is 12.5 Å². The van der Waals surface area contributed by atoms with Gasteiger partial charge in [0.1, 0.15) is 30.4 Å². The number of nitrogens with zero attached hydrogens (tertiary/aromatic N) is 3. The molecule has 45 heavy (non-hydrogen) atoms. The van der Waals surface area contributed by atoms with Crippen molar-refractivity contribution in [3.63, 3.8) is 0 Å². The number of aliphatic hydroxyl groups is 1. The molecule has 2 amide bonds. The zero-order valence-corrected chi connectivity index (χ0v) is 25.6. The smallest absolute Gasteiger partial charge is 0.430 e. The molecular weight excluding hydrogens is 599 g/mol. The summed E-state index contributed by atoms with van der Waals surface area (Å²) < 4.78 is 46.8. The largest absolute Gasteiger partial charge is 0.542 e. The quantitative estimate of drug-likeness (QED) is 0.155. The lowest BCUT2D eigenvalue weighted by Gasteiger charge is -2.19. The number of carboxylic acid groups (broad SMARTS) is 1. The first-order valence-corrected chi connectivity index (χ1v) is 14.3. The normalized spacial score (nSPS) is 13.8. The highest BCUT2D eigenvalue weighted by atomic mass is 19.4. The zero-order chi connectivity index (χ0) is 33.7. The summed E-state index contributed by atoms with van der Waals surface area (Å²) in [5, 5.41) is 19.1. The van der Waals surface area contributed by atoms with E-state index >= 15 is 0 Å². The number of alkyl halides is 3. The predicted octanol–water partition coefficient (Wildman–Crippen LogP) is 2.93. The summed E-state index contributed by atoms with van der Waals surface area (Å²) in [7, 11) is 0. The molecule has 1 atom stereocenters. The number of hydrogen-bond acceptors (Lipinski definition) is 8. The van der Waals surface area contributed by atoms with E-state index in [1.54, 1.807) is 31.2 Å². The molecule has 0 fully saturated rings. The van der Waals surface area contributed by atoms with E-state index in [4.69, 9.17) is 19.4 Å². The molecule has 1 aliphatic heterocycles. The number of aryl methyl sites for hydroxylation is 1. The van der Waals surface area contributed by atoms with Crippen LogP contribution in [0.5, 0.6) is 5.75 Å². The molecule has 0 saturated carbocycles. The van der Waals surface area contributed by atoms with E-state index in [0.29, 0.717) is 36.4 Å². The van der Waals surface area contributed by atoms with Crippen molar-refractivity contribution < 1.29 is 56.6 Å². The van der Waals surface area contributed by atoms with Gasteiger partial charge in [-0.2, -0.15) is 13.2 Å². The molecule has 14 heteroatoms. The second-order valence-corrected chi connectivity index (χ2v) is 11.3. The van der Waals surface area contributed by atoms with Gasteiger partial charge >= 0.3 is 12.1 Å². The lowest BCUT2D eigenvalue weighted by atomic mass is 10.1. The molecule has 0 unspecified atom stereocenters. The van der Waals surface area contributed by atoms with Crippen LogP contribution < -0.4 is 14.4 Å². The molecule has 0 spiro atoms. The van der Waals surface area contributed by atoms with Gasteiger partial charge in [-0.1, -0.05) is 12.1 Å². The Morgan fingerprint density at radius 1 is 1.04 bits per heavy atom. The number of aromatic nitrogens is 2. The topological polar surface area (TPSA) is 142 Å². The number of hydrogen-bond donors (Lipinski definition) is 1. The molecule has 4 rings (SSSR count). The Bertz CT molecular complexity index is 1540. The minimum absolute atomic E-state index is 0.0770. The van der Waals surface area contributed by atoms with Gasteiger partial charge in [0.05, 0.1) is 30.4 Å². The summed E-state index contributed by atoms with van der Waals surface area (Å²) in [5.74, 6) is -2.55. The fourth-order valence-corrected chi connectivity index (χ4v) is 4.78. The van der Waals surface area contributed by atoms with Gasteiger partial charge in [-0.05, 0) is 65.3 Å². The Hall–Kier alpha value is -4.46. The van der Waals surface area contributed by atoms with E-state index in [9.17, 15) is 32.7 Å². The minimum atomic E-state index is -5.19. The van der Waals surface area contributed by atoms with Crippen molar-refractivity contribution in [2.24, 2.45) is 0 Å². The Morgan fingerprint density at radius 2 is 1.62 bits per heavy atom. The van der Waals surface area contributed by atoms with Crippen molar-refractivity contribution in [2.45, 2.75) is 85.0 Å². The van der Waals surface area contributed by atoms with Crippen LogP contribution in [0.25, 0.3) is 11.0 Å². The third-order valence-corrected chi connectivity index (χ3v) is 6.54. The lowest BCUT2D eigenvalue weighted by Crippen LogP contribution is -2.42. The van der Waals surface area contributed by atoms with Crippen molar-refractivity contribution in [1.29, 1.82) is 0 Å². The van der Waals surface area contributed by atoms with Crippen LogP contribution in [0.4, 0.5) is 13.2 Å². The number of carbonyl (C=O) groups excluding carboxylic acids is 4. The molecule has 1 aromatic heterocycles. The second kappa shape index (κ2) is 14.1. The van der Waals surface area contributed by atoms with E-state index < -0.39 is 23.9 Å². The first-order chi connectivity index (χ1) is 20.9. The van der Waals surface area contributed by atoms with Gasteiger partial charge < -0.3 is 24.5 Å². The number of fused-ring (bicyclic) bond motifs is 2. The van der Waals surface area contributed by atoms with E-state index in [1.807, 2.05) is 55.0 Å². The number of aliphatic hydroxyl groups excluding tert-OH is 1. The fourth-order valence-electron chi connectivity index (χ4n) is 4.78. The van der Waals surface area contributed by atoms with Gasteiger partial charge in [-0.15, -0.1) is 0 Å². The number of ether oxygens (including phenoxy) is 2. The monoisotopic (exact) mass is 635 g/mol. The molecule has 0 aliphatic carbocycles. The maximum atomic E-state index is 13.1. The van der Waals surface area contributed by atoms with Crippen LogP contribution in [0.15, 0.2) is 42.5 Å². The first-order valence-electron chi connectivity index (χ1n) is 14.3. The Morgan fingerprint density at radius 3 is 2.11 bits per heavy atom. The number of carbonyl (C=O) groups is 4. The number of imide groups is 1. The Balaban J connectivity index is 0.000000707. The maximum absolute atomic E-state index is 13.1. The van der Waals surface area contributed by atoms with Crippen LogP contribution in [-0.4, -0.2) is 62.8 Å². The molecule has 244 valence electrons. The van der Waals surface area contributed by atoms with Crippen LogP contribution in [0, 0.1) is 0 Å². The molecule has 11 nitrogen and oxygen atoms in total. The number of esters is 1. The second-order valence-electron chi connectivity index (χ2n) is 11.3. The van der Waals surface area contributed by atoms with Crippen molar-refractivity contribution in [2.75, 3.05) is 6.61 Å².